The summed E-state index contributed by atoms with van der Waals surface area (Å²) in [5.41, 5.74) is 3.87. The van der Waals surface area contributed by atoms with E-state index in [1.807, 2.05) is 12.1 Å². The first kappa shape index (κ1) is 13.9. The summed E-state index contributed by atoms with van der Waals surface area (Å²) in [6.07, 6.45) is 0.803. The SMILES string of the molecule is CC(C)c1nnsc1C(Cc1ccc(Cl)s1)NN. The molecule has 2 rings (SSSR count). The zero-order valence-corrected chi connectivity index (χ0v) is 12.6. The van der Waals surface area contributed by atoms with Crippen molar-refractivity contribution in [2.45, 2.75) is 32.2 Å². The fourth-order valence-electron chi connectivity index (χ4n) is 1.74. The summed E-state index contributed by atoms with van der Waals surface area (Å²) in [4.78, 5) is 2.31. The van der Waals surface area contributed by atoms with Gasteiger partial charge in [-0.3, -0.25) is 11.3 Å². The normalized spacial score (nSPS) is 13.2. The molecule has 2 aromatic heterocycles. The van der Waals surface area contributed by atoms with E-state index in [-0.39, 0.29) is 6.04 Å². The van der Waals surface area contributed by atoms with Gasteiger partial charge in [-0.15, -0.1) is 16.4 Å². The second kappa shape index (κ2) is 6.08. The molecule has 98 valence electrons. The van der Waals surface area contributed by atoms with E-state index >= 15 is 0 Å². The Kier molecular flexibility index (Phi) is 4.69. The monoisotopic (exact) mass is 302 g/mol. The number of nitrogens with zero attached hydrogens (tertiary/aromatic N) is 2. The van der Waals surface area contributed by atoms with Gasteiger partial charge < -0.3 is 0 Å². The Morgan fingerprint density at radius 3 is 2.78 bits per heavy atom. The van der Waals surface area contributed by atoms with Crippen LogP contribution < -0.4 is 11.3 Å². The van der Waals surface area contributed by atoms with Gasteiger partial charge in [-0.1, -0.05) is 29.9 Å². The lowest BCUT2D eigenvalue weighted by Crippen LogP contribution is -2.29. The molecule has 0 aliphatic rings. The molecule has 0 aliphatic heterocycles. The van der Waals surface area contributed by atoms with E-state index in [9.17, 15) is 0 Å². The topological polar surface area (TPSA) is 63.8 Å². The van der Waals surface area contributed by atoms with Crippen LogP contribution in [0.25, 0.3) is 0 Å². The lowest BCUT2D eigenvalue weighted by Gasteiger charge is -2.15. The van der Waals surface area contributed by atoms with E-state index in [1.54, 1.807) is 11.3 Å². The molecule has 0 spiro atoms. The van der Waals surface area contributed by atoms with Gasteiger partial charge >= 0.3 is 0 Å². The molecule has 4 nitrogen and oxygen atoms in total. The maximum atomic E-state index is 5.94. The Morgan fingerprint density at radius 1 is 1.44 bits per heavy atom. The average molecular weight is 303 g/mol. The van der Waals surface area contributed by atoms with Crippen LogP contribution >= 0.6 is 34.5 Å². The first-order chi connectivity index (χ1) is 8.61. The number of thiophene rings is 1. The van der Waals surface area contributed by atoms with Crippen molar-refractivity contribution in [1.29, 1.82) is 0 Å². The predicted octanol–water partition coefficient (Wildman–Crippen LogP) is 3.12. The number of nitrogens with two attached hydrogens (primary N) is 1. The van der Waals surface area contributed by atoms with Crippen molar-refractivity contribution >= 4 is 34.5 Å². The minimum atomic E-state index is 0.0390. The molecule has 1 atom stereocenters. The molecule has 2 heterocycles. The molecule has 0 saturated carbocycles. The van der Waals surface area contributed by atoms with Gasteiger partial charge in [0.25, 0.3) is 0 Å². The lowest BCUT2D eigenvalue weighted by molar-refractivity contribution is 0.554. The molecular weight excluding hydrogens is 288 g/mol. The molecule has 0 amide bonds. The maximum Gasteiger partial charge on any atom is 0.0931 e. The molecule has 0 aliphatic carbocycles. The van der Waals surface area contributed by atoms with Crippen LogP contribution in [0.4, 0.5) is 0 Å². The zero-order chi connectivity index (χ0) is 13.1. The standard InChI is InChI=1S/C11H15ClN4S2/c1-6(2)10-11(18-16-15-10)8(14-13)5-7-3-4-9(12)17-7/h3-4,6,8,14H,5,13H2,1-2H3. The van der Waals surface area contributed by atoms with Crippen molar-refractivity contribution in [2.75, 3.05) is 0 Å². The van der Waals surface area contributed by atoms with Crippen LogP contribution in [0, 0.1) is 0 Å². The summed E-state index contributed by atoms with van der Waals surface area (Å²) in [6, 6.07) is 3.97. The van der Waals surface area contributed by atoms with Crippen LogP contribution in [-0.4, -0.2) is 9.59 Å². The summed E-state index contributed by atoms with van der Waals surface area (Å²) in [5, 5.41) is 4.18. The van der Waals surface area contributed by atoms with Crippen molar-refractivity contribution in [3.8, 4) is 0 Å². The third kappa shape index (κ3) is 3.07. The molecule has 2 aromatic rings. The minimum absolute atomic E-state index is 0.0390. The Balaban J connectivity index is 2.20. The molecule has 0 bridgehead atoms. The highest BCUT2D eigenvalue weighted by atomic mass is 35.5. The summed E-state index contributed by atoms with van der Waals surface area (Å²) < 4.78 is 4.83. The van der Waals surface area contributed by atoms with Crippen molar-refractivity contribution in [3.63, 3.8) is 0 Å². The molecule has 18 heavy (non-hydrogen) atoms. The van der Waals surface area contributed by atoms with E-state index < -0.39 is 0 Å². The fraction of sp³-hybridized carbons (Fsp3) is 0.455. The molecular formula is C11H15ClN4S2. The van der Waals surface area contributed by atoms with Gasteiger partial charge in [-0.05, 0) is 29.6 Å². The number of rotatable bonds is 5. The largest absolute Gasteiger partial charge is 0.271 e. The summed E-state index contributed by atoms with van der Waals surface area (Å²) >= 11 is 8.92. The van der Waals surface area contributed by atoms with Crippen LogP contribution in [0.15, 0.2) is 12.1 Å². The van der Waals surface area contributed by atoms with Gasteiger partial charge in [0.2, 0.25) is 0 Å². The second-order valence-corrected chi connectivity index (χ2v) is 6.89. The summed E-state index contributed by atoms with van der Waals surface area (Å²) in [7, 11) is 0. The first-order valence-corrected chi connectivity index (χ1v) is 7.61. The number of halogens is 1. The Labute approximate surface area is 119 Å². The lowest BCUT2D eigenvalue weighted by atomic mass is 10.0. The Bertz CT molecular complexity index is 509. The predicted molar refractivity (Wildman–Crippen MR) is 77.1 cm³/mol. The second-order valence-electron chi connectivity index (χ2n) is 4.31. The Morgan fingerprint density at radius 2 is 2.22 bits per heavy atom. The number of hydrazine groups is 1. The third-order valence-electron chi connectivity index (χ3n) is 2.64. The van der Waals surface area contributed by atoms with Crippen LogP contribution in [0.5, 0.6) is 0 Å². The van der Waals surface area contributed by atoms with Gasteiger partial charge in [0, 0.05) is 11.3 Å². The van der Waals surface area contributed by atoms with E-state index in [4.69, 9.17) is 17.4 Å². The van der Waals surface area contributed by atoms with Gasteiger partial charge in [-0.2, -0.15) is 0 Å². The fourth-order valence-corrected chi connectivity index (χ4v) is 3.73. The maximum absolute atomic E-state index is 5.94. The molecule has 0 saturated heterocycles. The number of hydrogen-bond donors (Lipinski definition) is 2. The van der Waals surface area contributed by atoms with Gasteiger partial charge in [0.15, 0.2) is 0 Å². The van der Waals surface area contributed by atoms with Crippen molar-refractivity contribution in [3.05, 3.63) is 31.9 Å². The quantitative estimate of drug-likeness (QED) is 0.658. The highest BCUT2D eigenvalue weighted by molar-refractivity contribution is 7.16. The van der Waals surface area contributed by atoms with Crippen LogP contribution in [-0.2, 0) is 6.42 Å². The van der Waals surface area contributed by atoms with Crippen LogP contribution in [0.2, 0.25) is 4.34 Å². The number of nitrogens with one attached hydrogen (secondary N) is 1. The molecule has 3 N–H and O–H groups in total. The highest BCUT2D eigenvalue weighted by Gasteiger charge is 2.21. The van der Waals surface area contributed by atoms with Crippen molar-refractivity contribution in [2.24, 2.45) is 5.84 Å². The van der Waals surface area contributed by atoms with Crippen molar-refractivity contribution in [1.82, 2.24) is 15.0 Å². The van der Waals surface area contributed by atoms with Gasteiger partial charge in [-0.25, -0.2) is 0 Å². The highest BCUT2D eigenvalue weighted by Crippen LogP contribution is 2.31. The molecule has 0 radical (unpaired) electrons. The van der Waals surface area contributed by atoms with E-state index in [0.29, 0.717) is 5.92 Å². The van der Waals surface area contributed by atoms with E-state index in [2.05, 4.69) is 28.9 Å². The van der Waals surface area contributed by atoms with E-state index in [1.165, 1.54) is 16.4 Å². The van der Waals surface area contributed by atoms with Crippen LogP contribution in [0.3, 0.4) is 0 Å². The summed E-state index contributed by atoms with van der Waals surface area (Å²) in [6.45, 7) is 4.21. The summed E-state index contributed by atoms with van der Waals surface area (Å²) in [5.74, 6) is 6.01. The smallest absolute Gasteiger partial charge is 0.0931 e. The van der Waals surface area contributed by atoms with Gasteiger partial charge in [0.1, 0.15) is 0 Å². The van der Waals surface area contributed by atoms with Gasteiger partial charge in [0.05, 0.1) is 20.9 Å². The number of hydrogen-bond acceptors (Lipinski definition) is 6. The zero-order valence-electron chi connectivity index (χ0n) is 10.2. The molecule has 7 heteroatoms. The molecule has 0 fully saturated rings. The average Bonchev–Trinajstić information content (AvgIpc) is 2.94. The molecule has 0 aromatic carbocycles. The first-order valence-electron chi connectivity index (χ1n) is 5.64. The third-order valence-corrected chi connectivity index (χ3v) is 4.75. The Hall–Kier alpha value is -0.530. The number of aromatic nitrogens is 2. The van der Waals surface area contributed by atoms with Crippen molar-refractivity contribution < 1.29 is 0 Å². The van der Waals surface area contributed by atoms with Crippen LogP contribution in [0.1, 0.15) is 41.3 Å². The molecule has 1 unspecified atom stereocenters. The minimum Gasteiger partial charge on any atom is -0.271 e. The van der Waals surface area contributed by atoms with E-state index in [0.717, 1.165) is 21.3 Å².